The molecule has 2 aromatic rings. The van der Waals surface area contributed by atoms with E-state index in [-0.39, 0.29) is 11.9 Å². The Labute approximate surface area is 156 Å². The van der Waals surface area contributed by atoms with E-state index in [0.29, 0.717) is 12.3 Å². The van der Waals surface area contributed by atoms with Crippen molar-refractivity contribution in [3.8, 4) is 0 Å². The van der Waals surface area contributed by atoms with Gasteiger partial charge >= 0.3 is 0 Å². The fraction of sp³-hybridized carbons (Fsp3) is 0.364. The van der Waals surface area contributed by atoms with Gasteiger partial charge in [0.15, 0.2) is 0 Å². The van der Waals surface area contributed by atoms with E-state index in [9.17, 15) is 4.79 Å². The Bertz CT molecular complexity index is 626. The third kappa shape index (κ3) is 7.19. The van der Waals surface area contributed by atoms with Crippen molar-refractivity contribution in [1.29, 1.82) is 5.41 Å². The van der Waals surface area contributed by atoms with Crippen molar-refractivity contribution in [3.05, 3.63) is 71.8 Å². The van der Waals surface area contributed by atoms with Crippen LogP contribution in [0.2, 0.25) is 0 Å². The number of nitrogens with one attached hydrogen (secondary N) is 2. The van der Waals surface area contributed by atoms with Crippen LogP contribution in [-0.4, -0.2) is 29.1 Å². The summed E-state index contributed by atoms with van der Waals surface area (Å²) in [5.41, 5.74) is 3.18. The van der Waals surface area contributed by atoms with Gasteiger partial charge in [0.05, 0.1) is 0 Å². The highest BCUT2D eigenvalue weighted by atomic mass is 16.1. The number of benzene rings is 2. The van der Waals surface area contributed by atoms with Gasteiger partial charge in [0.1, 0.15) is 0 Å². The quantitative estimate of drug-likeness (QED) is 0.635. The molecule has 4 heteroatoms. The molecule has 0 spiro atoms. The minimum absolute atomic E-state index is 0.0130. The number of rotatable bonds is 10. The van der Waals surface area contributed by atoms with Gasteiger partial charge in [-0.15, -0.1) is 0 Å². The summed E-state index contributed by atoms with van der Waals surface area (Å²) in [5, 5.41) is 10.8. The summed E-state index contributed by atoms with van der Waals surface area (Å²) < 4.78 is 0. The maximum atomic E-state index is 11.5. The van der Waals surface area contributed by atoms with E-state index in [1.54, 1.807) is 6.92 Å². The van der Waals surface area contributed by atoms with Crippen LogP contribution < -0.4 is 5.32 Å². The van der Waals surface area contributed by atoms with Gasteiger partial charge < -0.3 is 10.7 Å². The number of carbonyl (C=O) groups excluding carboxylic acids is 1. The van der Waals surface area contributed by atoms with Gasteiger partial charge in [0, 0.05) is 38.3 Å². The van der Waals surface area contributed by atoms with E-state index in [0.717, 1.165) is 25.9 Å². The molecule has 2 rings (SSSR count). The van der Waals surface area contributed by atoms with Crippen LogP contribution >= 0.6 is 0 Å². The molecule has 0 aliphatic rings. The number of nitrogens with zero attached hydrogens (tertiary/aromatic N) is 1. The van der Waals surface area contributed by atoms with Crippen molar-refractivity contribution in [3.63, 3.8) is 0 Å². The monoisotopic (exact) mass is 351 g/mol. The van der Waals surface area contributed by atoms with Gasteiger partial charge in [-0.05, 0) is 30.9 Å². The van der Waals surface area contributed by atoms with Gasteiger partial charge in [-0.25, -0.2) is 0 Å². The second-order valence-electron chi connectivity index (χ2n) is 6.79. The standard InChI is InChI=1S/C22H29N3O/c1-18(23)13-14-22(15-24-19(2)26)25(16-20-9-5-3-6-10-20)17-21-11-7-4-8-12-21/h3-12,22-23H,13-17H2,1-2H3,(H,24,26). The summed E-state index contributed by atoms with van der Waals surface area (Å²) >= 11 is 0. The third-order valence-electron chi connectivity index (χ3n) is 4.41. The Kier molecular flexibility index (Phi) is 8.03. The predicted octanol–water partition coefficient (Wildman–Crippen LogP) is 4.01. The lowest BCUT2D eigenvalue weighted by molar-refractivity contribution is -0.119. The number of amides is 1. The Balaban J connectivity index is 2.19. The molecule has 1 amide bonds. The molecule has 0 radical (unpaired) electrons. The van der Waals surface area contributed by atoms with Crippen molar-refractivity contribution in [2.75, 3.05) is 6.54 Å². The molecule has 0 aliphatic carbocycles. The van der Waals surface area contributed by atoms with Crippen LogP contribution in [0.5, 0.6) is 0 Å². The zero-order valence-electron chi connectivity index (χ0n) is 15.7. The lowest BCUT2D eigenvalue weighted by atomic mass is 10.0. The maximum absolute atomic E-state index is 11.5. The van der Waals surface area contributed by atoms with Crippen molar-refractivity contribution in [2.45, 2.75) is 45.8 Å². The molecule has 138 valence electrons. The zero-order chi connectivity index (χ0) is 18.8. The SMILES string of the molecule is CC(=N)CCC(CNC(C)=O)N(Cc1ccccc1)Cc1ccccc1. The fourth-order valence-corrected chi connectivity index (χ4v) is 3.01. The van der Waals surface area contributed by atoms with E-state index in [2.05, 4.69) is 58.7 Å². The van der Waals surface area contributed by atoms with Gasteiger partial charge in [-0.1, -0.05) is 60.7 Å². The molecule has 4 nitrogen and oxygen atoms in total. The van der Waals surface area contributed by atoms with Crippen molar-refractivity contribution in [2.24, 2.45) is 0 Å². The van der Waals surface area contributed by atoms with Gasteiger partial charge in [-0.3, -0.25) is 9.69 Å². The predicted molar refractivity (Wildman–Crippen MR) is 107 cm³/mol. The number of hydrogen-bond acceptors (Lipinski definition) is 3. The molecule has 0 aromatic heterocycles. The van der Waals surface area contributed by atoms with E-state index in [1.165, 1.54) is 11.1 Å². The molecule has 0 saturated heterocycles. The maximum Gasteiger partial charge on any atom is 0.216 e. The number of hydrogen-bond donors (Lipinski definition) is 2. The third-order valence-corrected chi connectivity index (χ3v) is 4.41. The molecule has 0 bridgehead atoms. The minimum Gasteiger partial charge on any atom is -0.355 e. The molecule has 0 fully saturated rings. The zero-order valence-corrected chi connectivity index (χ0v) is 15.7. The fourth-order valence-electron chi connectivity index (χ4n) is 3.01. The average molecular weight is 351 g/mol. The van der Waals surface area contributed by atoms with E-state index >= 15 is 0 Å². The molecule has 26 heavy (non-hydrogen) atoms. The first-order valence-electron chi connectivity index (χ1n) is 9.15. The summed E-state index contributed by atoms with van der Waals surface area (Å²) in [7, 11) is 0. The average Bonchev–Trinajstić information content (AvgIpc) is 2.62. The number of carbonyl (C=O) groups is 1. The normalized spacial score (nSPS) is 12.0. The molecule has 2 aromatic carbocycles. The highest BCUT2D eigenvalue weighted by molar-refractivity contribution is 5.78. The first-order valence-corrected chi connectivity index (χ1v) is 9.15. The topological polar surface area (TPSA) is 56.2 Å². The Morgan fingerprint density at radius 3 is 1.88 bits per heavy atom. The molecule has 0 saturated carbocycles. The van der Waals surface area contributed by atoms with Crippen LogP contribution in [0.15, 0.2) is 60.7 Å². The summed E-state index contributed by atoms with van der Waals surface area (Å²) in [4.78, 5) is 13.9. The van der Waals surface area contributed by atoms with Crippen molar-refractivity contribution in [1.82, 2.24) is 10.2 Å². The Hall–Kier alpha value is -2.46. The smallest absolute Gasteiger partial charge is 0.216 e. The molecule has 0 heterocycles. The molecule has 2 N–H and O–H groups in total. The summed E-state index contributed by atoms with van der Waals surface area (Å²) in [6.07, 6.45) is 1.60. The van der Waals surface area contributed by atoms with Gasteiger partial charge in [0.2, 0.25) is 5.91 Å². The van der Waals surface area contributed by atoms with E-state index < -0.39 is 0 Å². The van der Waals surface area contributed by atoms with Crippen LogP contribution in [0.4, 0.5) is 0 Å². The minimum atomic E-state index is -0.0130. The Morgan fingerprint density at radius 2 is 1.46 bits per heavy atom. The van der Waals surface area contributed by atoms with Gasteiger partial charge in [0.25, 0.3) is 0 Å². The lowest BCUT2D eigenvalue weighted by Gasteiger charge is -2.32. The van der Waals surface area contributed by atoms with Crippen molar-refractivity contribution >= 4 is 11.6 Å². The Morgan fingerprint density at radius 1 is 0.962 bits per heavy atom. The highest BCUT2D eigenvalue weighted by Crippen LogP contribution is 2.17. The van der Waals surface area contributed by atoms with E-state index in [1.807, 2.05) is 19.1 Å². The van der Waals surface area contributed by atoms with Crippen LogP contribution in [0.25, 0.3) is 0 Å². The van der Waals surface area contributed by atoms with Crippen LogP contribution in [0, 0.1) is 5.41 Å². The molecule has 1 unspecified atom stereocenters. The van der Waals surface area contributed by atoms with Crippen molar-refractivity contribution < 1.29 is 4.79 Å². The largest absolute Gasteiger partial charge is 0.355 e. The summed E-state index contributed by atoms with van der Waals surface area (Å²) in [5.74, 6) is -0.0130. The van der Waals surface area contributed by atoms with Gasteiger partial charge in [-0.2, -0.15) is 0 Å². The van der Waals surface area contributed by atoms with E-state index in [4.69, 9.17) is 5.41 Å². The summed E-state index contributed by atoms with van der Waals surface area (Å²) in [6.45, 7) is 5.63. The first-order chi connectivity index (χ1) is 12.5. The second-order valence-corrected chi connectivity index (χ2v) is 6.79. The molecular formula is C22H29N3O. The second kappa shape index (κ2) is 10.5. The van der Waals surface area contributed by atoms with Crippen LogP contribution in [0.3, 0.4) is 0 Å². The highest BCUT2D eigenvalue weighted by Gasteiger charge is 2.20. The molecule has 0 aliphatic heterocycles. The lowest BCUT2D eigenvalue weighted by Crippen LogP contribution is -2.43. The molecule has 1 atom stereocenters. The molecular weight excluding hydrogens is 322 g/mol. The van der Waals surface area contributed by atoms with Crippen LogP contribution in [0.1, 0.15) is 37.8 Å². The van der Waals surface area contributed by atoms with Crippen LogP contribution in [-0.2, 0) is 17.9 Å². The first kappa shape index (κ1) is 19.9. The summed E-state index contributed by atoms with van der Waals surface area (Å²) in [6, 6.07) is 21.0.